The molecule has 0 saturated carbocycles. The molecule has 1 aliphatic rings. The number of piperidine rings is 1. The molecule has 3 aromatic rings. The minimum Gasteiger partial charge on any atom is -0.497 e. The Morgan fingerprint density at radius 3 is 2.83 bits per heavy atom. The molecule has 160 valence electrons. The van der Waals surface area contributed by atoms with Gasteiger partial charge in [-0.15, -0.1) is 12.4 Å². The van der Waals surface area contributed by atoms with Gasteiger partial charge in [-0.2, -0.15) is 10.1 Å². The van der Waals surface area contributed by atoms with Crippen molar-refractivity contribution in [2.75, 3.05) is 20.2 Å². The number of methoxy groups -OCH3 is 1. The van der Waals surface area contributed by atoms with Crippen molar-refractivity contribution >= 4 is 18.3 Å². The second-order valence-corrected chi connectivity index (χ2v) is 7.12. The normalized spacial score (nSPS) is 16.3. The monoisotopic (exact) mass is 432 g/mol. The molecule has 0 aliphatic carbocycles. The largest absolute Gasteiger partial charge is 0.497 e. The number of carbonyl (C=O) groups excluding carboxylic acids is 1. The van der Waals surface area contributed by atoms with E-state index in [9.17, 15) is 4.79 Å². The predicted octanol–water partition coefficient (Wildman–Crippen LogP) is 2.32. The predicted molar refractivity (Wildman–Crippen MR) is 112 cm³/mol. The van der Waals surface area contributed by atoms with Crippen LogP contribution >= 0.6 is 12.4 Å². The number of ether oxygens (including phenoxy) is 1. The number of amides is 1. The van der Waals surface area contributed by atoms with Crippen LogP contribution in [-0.4, -0.2) is 46.0 Å². The Bertz CT molecular complexity index is 969. The fraction of sp³-hybridized carbons (Fsp3) is 0.400. The van der Waals surface area contributed by atoms with Gasteiger partial charge in [-0.25, -0.2) is 0 Å². The van der Waals surface area contributed by atoms with Gasteiger partial charge in [-0.3, -0.25) is 9.48 Å². The highest BCUT2D eigenvalue weighted by Crippen LogP contribution is 2.29. The van der Waals surface area contributed by atoms with Gasteiger partial charge < -0.3 is 19.9 Å². The molecule has 1 fully saturated rings. The first-order chi connectivity index (χ1) is 14.1. The molecule has 3 heterocycles. The van der Waals surface area contributed by atoms with Crippen LogP contribution in [0, 0.1) is 0 Å². The fourth-order valence-corrected chi connectivity index (χ4v) is 3.61. The Morgan fingerprint density at radius 2 is 2.13 bits per heavy atom. The summed E-state index contributed by atoms with van der Waals surface area (Å²) in [7, 11) is 1.61. The quantitative estimate of drug-likeness (QED) is 0.615. The van der Waals surface area contributed by atoms with Gasteiger partial charge >= 0.3 is 0 Å². The van der Waals surface area contributed by atoms with E-state index < -0.39 is 11.6 Å². The van der Waals surface area contributed by atoms with E-state index in [1.165, 1.54) is 0 Å². The smallest absolute Gasteiger partial charge is 0.249 e. The third kappa shape index (κ3) is 4.17. The van der Waals surface area contributed by atoms with Gasteiger partial charge in [0.2, 0.25) is 17.6 Å². The number of carbonyl (C=O) groups is 1. The molecule has 0 spiro atoms. The molecule has 1 amide bonds. The molecular formula is C20H25ClN6O3. The van der Waals surface area contributed by atoms with Crippen LogP contribution in [0.2, 0.25) is 0 Å². The Labute approximate surface area is 180 Å². The highest BCUT2D eigenvalue weighted by Gasteiger charge is 2.42. The van der Waals surface area contributed by atoms with E-state index in [-0.39, 0.29) is 18.3 Å². The van der Waals surface area contributed by atoms with Crippen LogP contribution in [0.3, 0.4) is 0 Å². The summed E-state index contributed by atoms with van der Waals surface area (Å²) in [6.07, 6.45) is 4.85. The maximum absolute atomic E-state index is 13.3. The van der Waals surface area contributed by atoms with E-state index in [1.807, 2.05) is 43.5 Å². The first-order valence-corrected chi connectivity index (χ1v) is 9.62. The number of benzene rings is 1. The number of hydrogen-bond donors (Lipinski definition) is 2. The average Bonchev–Trinajstić information content (AvgIpc) is 3.47. The van der Waals surface area contributed by atoms with Gasteiger partial charge in [-0.05, 0) is 51.1 Å². The number of halogens is 1. The van der Waals surface area contributed by atoms with Crippen LogP contribution in [-0.2, 0) is 10.3 Å². The van der Waals surface area contributed by atoms with Crippen molar-refractivity contribution in [3.05, 3.63) is 48.6 Å². The van der Waals surface area contributed by atoms with Gasteiger partial charge in [0, 0.05) is 18.0 Å². The number of nitrogens with one attached hydrogen (secondary N) is 2. The zero-order valence-corrected chi connectivity index (χ0v) is 17.7. The number of aromatic nitrogens is 4. The van der Waals surface area contributed by atoms with Gasteiger partial charge in [0.15, 0.2) is 0 Å². The van der Waals surface area contributed by atoms with Crippen LogP contribution < -0.4 is 15.4 Å². The zero-order chi connectivity index (χ0) is 20.3. The van der Waals surface area contributed by atoms with Crippen molar-refractivity contribution in [1.29, 1.82) is 0 Å². The summed E-state index contributed by atoms with van der Waals surface area (Å²) in [6.45, 7) is 3.34. The Kier molecular flexibility index (Phi) is 6.73. The van der Waals surface area contributed by atoms with Crippen LogP contribution in [0.4, 0.5) is 0 Å². The molecule has 1 atom stereocenters. The van der Waals surface area contributed by atoms with Crippen molar-refractivity contribution in [2.45, 2.75) is 31.3 Å². The average molecular weight is 433 g/mol. The molecule has 2 N–H and O–H groups in total. The zero-order valence-electron chi connectivity index (χ0n) is 16.9. The first-order valence-electron chi connectivity index (χ1n) is 9.62. The van der Waals surface area contributed by atoms with Crippen LogP contribution in [0.1, 0.15) is 31.7 Å². The summed E-state index contributed by atoms with van der Waals surface area (Å²) in [5.41, 5.74) is 0.0582. The van der Waals surface area contributed by atoms with Crippen molar-refractivity contribution in [1.82, 2.24) is 30.6 Å². The molecule has 9 nitrogen and oxygen atoms in total. The molecule has 2 aromatic heterocycles. The lowest BCUT2D eigenvalue weighted by molar-refractivity contribution is -0.132. The van der Waals surface area contributed by atoms with E-state index in [2.05, 4.69) is 25.9 Å². The molecule has 0 bridgehead atoms. The third-order valence-electron chi connectivity index (χ3n) is 5.28. The lowest BCUT2D eigenvalue weighted by atomic mass is 9.87. The number of nitrogens with zero attached hydrogens (tertiary/aromatic N) is 4. The summed E-state index contributed by atoms with van der Waals surface area (Å²) in [5, 5.41) is 14.7. The van der Waals surface area contributed by atoms with E-state index >= 15 is 0 Å². The minimum atomic E-state index is -0.724. The molecule has 10 heteroatoms. The van der Waals surface area contributed by atoms with Gasteiger partial charge in [0.25, 0.3) is 0 Å². The van der Waals surface area contributed by atoms with Crippen LogP contribution in [0.5, 0.6) is 5.75 Å². The second-order valence-electron chi connectivity index (χ2n) is 7.12. The molecule has 1 aromatic carbocycles. The summed E-state index contributed by atoms with van der Waals surface area (Å²) in [6, 6.07) is 8.82. The van der Waals surface area contributed by atoms with E-state index in [0.29, 0.717) is 30.3 Å². The van der Waals surface area contributed by atoms with Gasteiger partial charge in [0.1, 0.15) is 17.3 Å². The Balaban J connectivity index is 0.00000256. The lowest BCUT2D eigenvalue weighted by Crippen LogP contribution is -2.55. The van der Waals surface area contributed by atoms with E-state index in [4.69, 9.17) is 9.26 Å². The molecule has 4 rings (SSSR count). The topological polar surface area (TPSA) is 107 Å². The van der Waals surface area contributed by atoms with Crippen LogP contribution in [0.25, 0.3) is 11.4 Å². The Hall–Kier alpha value is -2.91. The van der Waals surface area contributed by atoms with Gasteiger partial charge in [-0.1, -0.05) is 17.3 Å². The van der Waals surface area contributed by atoms with Crippen molar-refractivity contribution in [2.24, 2.45) is 0 Å². The highest BCUT2D eigenvalue weighted by molar-refractivity contribution is 5.85. The molecule has 1 unspecified atom stereocenters. The summed E-state index contributed by atoms with van der Waals surface area (Å²) in [4.78, 5) is 17.7. The van der Waals surface area contributed by atoms with E-state index in [1.54, 1.807) is 18.0 Å². The first kappa shape index (κ1) is 21.8. The molecule has 1 aliphatic heterocycles. The SMILES string of the molecule is COc1cccc(-c2noc(C(C)NC(=O)C3(n4cccn4)CCNCC3)n2)c1.Cl. The lowest BCUT2D eigenvalue weighted by Gasteiger charge is -2.36. The van der Waals surface area contributed by atoms with Gasteiger partial charge in [0.05, 0.1) is 7.11 Å². The summed E-state index contributed by atoms with van der Waals surface area (Å²) in [5.74, 6) is 1.41. The molecule has 1 saturated heterocycles. The number of rotatable bonds is 6. The van der Waals surface area contributed by atoms with Crippen molar-refractivity contribution in [3.8, 4) is 17.1 Å². The third-order valence-corrected chi connectivity index (χ3v) is 5.28. The highest BCUT2D eigenvalue weighted by atomic mass is 35.5. The van der Waals surface area contributed by atoms with Crippen LogP contribution in [0.15, 0.2) is 47.2 Å². The minimum absolute atomic E-state index is 0. The van der Waals surface area contributed by atoms with Crippen molar-refractivity contribution < 1.29 is 14.1 Å². The maximum atomic E-state index is 13.3. The maximum Gasteiger partial charge on any atom is 0.249 e. The molecular weight excluding hydrogens is 408 g/mol. The standard InChI is InChI=1S/C20H24N6O3.ClH/c1-14(18-24-17(25-29-18)15-5-3-6-16(13-15)28-2)23-19(27)20(7-10-21-11-8-20)26-12-4-9-22-26;/h3-6,9,12-14,21H,7-8,10-11H2,1-2H3,(H,23,27);1H. The summed E-state index contributed by atoms with van der Waals surface area (Å²) < 4.78 is 12.4. The van der Waals surface area contributed by atoms with E-state index in [0.717, 1.165) is 18.7 Å². The molecule has 0 radical (unpaired) electrons. The fourth-order valence-electron chi connectivity index (χ4n) is 3.61. The summed E-state index contributed by atoms with van der Waals surface area (Å²) >= 11 is 0. The second kappa shape index (κ2) is 9.27. The molecule has 30 heavy (non-hydrogen) atoms. The van der Waals surface area contributed by atoms with Crippen molar-refractivity contribution in [3.63, 3.8) is 0 Å². The Morgan fingerprint density at radius 1 is 1.33 bits per heavy atom. The number of hydrogen-bond acceptors (Lipinski definition) is 7.